The number of ether oxygens (including phenoxy) is 1. The topological polar surface area (TPSA) is 97.4 Å². The molecule has 0 spiro atoms. The Morgan fingerprint density at radius 3 is 3.00 bits per heavy atom. The van der Waals surface area contributed by atoms with E-state index in [0.29, 0.717) is 18.5 Å². The molecule has 1 fully saturated rings. The highest BCUT2D eigenvalue weighted by Gasteiger charge is 2.24. The highest BCUT2D eigenvalue weighted by molar-refractivity contribution is 5.37. The summed E-state index contributed by atoms with van der Waals surface area (Å²) in [5.41, 5.74) is 5.68. The maximum absolute atomic E-state index is 8.97. The van der Waals surface area contributed by atoms with Crippen molar-refractivity contribution in [3.63, 3.8) is 0 Å². The fourth-order valence-corrected chi connectivity index (χ4v) is 2.19. The number of nitrogens with two attached hydrogens (primary N) is 1. The monoisotopic (exact) mass is 267 g/mol. The lowest BCUT2D eigenvalue weighted by Gasteiger charge is -2.16. The summed E-state index contributed by atoms with van der Waals surface area (Å²) in [5.74, 6) is 1.24. The third-order valence-corrected chi connectivity index (χ3v) is 3.16. The van der Waals surface area contributed by atoms with Crippen molar-refractivity contribution >= 4 is 11.9 Å². The maximum Gasteiger partial charge on any atom is 0.323 e. The molecule has 1 aromatic heterocycles. The third kappa shape index (κ3) is 3.66. The second-order valence-electron chi connectivity index (χ2n) is 4.74. The van der Waals surface area contributed by atoms with Crippen LogP contribution in [0.4, 0.5) is 11.9 Å². The van der Waals surface area contributed by atoms with Crippen molar-refractivity contribution in [1.82, 2.24) is 15.0 Å². The Kier molecular flexibility index (Phi) is 4.73. The summed E-state index contributed by atoms with van der Waals surface area (Å²) >= 11 is 0. The Balaban J connectivity index is 2.05. The van der Waals surface area contributed by atoms with Gasteiger partial charge in [-0.15, -0.1) is 0 Å². The van der Waals surface area contributed by atoms with Gasteiger partial charge in [-0.3, -0.25) is 0 Å². The molecule has 0 radical (unpaired) electrons. The van der Waals surface area contributed by atoms with Crippen LogP contribution < -0.4 is 15.4 Å². The van der Waals surface area contributed by atoms with Crippen LogP contribution in [0.3, 0.4) is 0 Å². The minimum Gasteiger partial charge on any atom is -0.463 e. The fraction of sp³-hybridized carbons (Fsp3) is 0.750. The van der Waals surface area contributed by atoms with E-state index >= 15 is 0 Å². The van der Waals surface area contributed by atoms with Crippen LogP contribution in [-0.4, -0.2) is 46.4 Å². The van der Waals surface area contributed by atoms with Crippen LogP contribution in [0, 0.1) is 5.92 Å². The highest BCUT2D eigenvalue weighted by Crippen LogP contribution is 2.24. The molecular formula is C12H21N5O2. The first-order chi connectivity index (χ1) is 9.22. The lowest BCUT2D eigenvalue weighted by molar-refractivity contribution is 0.263. The number of rotatable bonds is 6. The van der Waals surface area contributed by atoms with Crippen LogP contribution in [0.1, 0.15) is 26.2 Å². The minimum absolute atomic E-state index is 0.182. The predicted molar refractivity (Wildman–Crippen MR) is 72.0 cm³/mol. The maximum atomic E-state index is 8.97. The molecule has 19 heavy (non-hydrogen) atoms. The molecule has 0 aliphatic carbocycles. The number of anilines is 2. The second-order valence-corrected chi connectivity index (χ2v) is 4.74. The van der Waals surface area contributed by atoms with E-state index in [9.17, 15) is 0 Å². The minimum atomic E-state index is 0.182. The third-order valence-electron chi connectivity index (χ3n) is 3.16. The van der Waals surface area contributed by atoms with Crippen LogP contribution in [-0.2, 0) is 0 Å². The van der Waals surface area contributed by atoms with Crippen molar-refractivity contribution in [2.24, 2.45) is 5.92 Å². The zero-order valence-corrected chi connectivity index (χ0v) is 11.2. The van der Waals surface area contributed by atoms with Crippen molar-refractivity contribution in [2.75, 3.05) is 36.9 Å². The van der Waals surface area contributed by atoms with Crippen molar-refractivity contribution in [3.8, 4) is 6.01 Å². The van der Waals surface area contributed by atoms with Crippen LogP contribution >= 0.6 is 0 Å². The van der Waals surface area contributed by atoms with E-state index < -0.39 is 0 Å². The first kappa shape index (κ1) is 13.8. The van der Waals surface area contributed by atoms with Gasteiger partial charge in [0.2, 0.25) is 11.9 Å². The van der Waals surface area contributed by atoms with Gasteiger partial charge >= 0.3 is 6.01 Å². The van der Waals surface area contributed by atoms with Gasteiger partial charge in [-0.1, -0.05) is 6.92 Å². The van der Waals surface area contributed by atoms with Crippen LogP contribution in [0.5, 0.6) is 6.01 Å². The molecule has 1 atom stereocenters. The first-order valence-corrected chi connectivity index (χ1v) is 6.73. The van der Waals surface area contributed by atoms with Gasteiger partial charge in [0.25, 0.3) is 0 Å². The van der Waals surface area contributed by atoms with Gasteiger partial charge in [-0.25, -0.2) is 0 Å². The number of hydrogen-bond donors (Lipinski definition) is 2. The Labute approximate surface area is 112 Å². The lowest BCUT2D eigenvalue weighted by Crippen LogP contribution is -2.23. The van der Waals surface area contributed by atoms with Gasteiger partial charge in [-0.2, -0.15) is 15.0 Å². The SMILES string of the molecule is CCCOc1nc(N)nc(N2CCC(CCO)C2)n1. The van der Waals surface area contributed by atoms with Gasteiger partial charge < -0.3 is 20.5 Å². The molecule has 0 aromatic carbocycles. The number of nitrogen functional groups attached to an aromatic ring is 1. The van der Waals surface area contributed by atoms with Gasteiger partial charge in [-0.05, 0) is 25.2 Å². The molecule has 0 saturated carbocycles. The Morgan fingerprint density at radius 2 is 2.26 bits per heavy atom. The summed E-state index contributed by atoms with van der Waals surface area (Å²) in [4.78, 5) is 14.5. The van der Waals surface area contributed by atoms with Gasteiger partial charge in [0.1, 0.15) is 0 Å². The summed E-state index contributed by atoms with van der Waals surface area (Å²) in [5, 5.41) is 8.97. The second kappa shape index (κ2) is 6.51. The highest BCUT2D eigenvalue weighted by atomic mass is 16.5. The molecule has 1 saturated heterocycles. The van der Waals surface area contributed by atoms with E-state index in [1.54, 1.807) is 0 Å². The van der Waals surface area contributed by atoms with Gasteiger partial charge in [0, 0.05) is 19.7 Å². The van der Waals surface area contributed by atoms with Crippen LogP contribution in [0.2, 0.25) is 0 Å². The van der Waals surface area contributed by atoms with E-state index in [2.05, 4.69) is 19.9 Å². The zero-order valence-electron chi connectivity index (χ0n) is 11.2. The molecule has 1 aliphatic rings. The van der Waals surface area contributed by atoms with E-state index in [1.807, 2.05) is 6.92 Å². The van der Waals surface area contributed by atoms with Crippen LogP contribution in [0.25, 0.3) is 0 Å². The normalized spacial score (nSPS) is 18.8. The molecule has 7 nitrogen and oxygen atoms in total. The number of nitrogens with zero attached hydrogens (tertiary/aromatic N) is 4. The molecule has 1 unspecified atom stereocenters. The summed E-state index contributed by atoms with van der Waals surface area (Å²) in [6.07, 6.45) is 2.75. The number of aromatic nitrogens is 3. The smallest absolute Gasteiger partial charge is 0.323 e. The molecular weight excluding hydrogens is 246 g/mol. The number of aliphatic hydroxyl groups is 1. The molecule has 1 aliphatic heterocycles. The lowest BCUT2D eigenvalue weighted by atomic mass is 10.1. The standard InChI is InChI=1S/C12H21N5O2/c1-2-7-19-12-15-10(13)14-11(16-12)17-5-3-9(8-17)4-6-18/h9,18H,2-8H2,1H3,(H2,13,14,15,16). The average Bonchev–Trinajstić information content (AvgIpc) is 2.85. The zero-order chi connectivity index (χ0) is 13.7. The molecule has 1 aromatic rings. The quantitative estimate of drug-likeness (QED) is 0.772. The largest absolute Gasteiger partial charge is 0.463 e. The molecule has 0 bridgehead atoms. The molecule has 7 heteroatoms. The molecule has 2 rings (SSSR count). The summed E-state index contributed by atoms with van der Waals surface area (Å²) in [6.45, 7) is 4.53. The average molecular weight is 267 g/mol. The fourth-order valence-electron chi connectivity index (χ4n) is 2.19. The van der Waals surface area contributed by atoms with Crippen molar-refractivity contribution in [2.45, 2.75) is 26.2 Å². The Hall–Kier alpha value is -1.63. The molecule has 3 N–H and O–H groups in total. The first-order valence-electron chi connectivity index (χ1n) is 6.73. The predicted octanol–water partition coefficient (Wildman–Crippen LogP) is 0.451. The Bertz CT molecular complexity index is 415. The van der Waals surface area contributed by atoms with Gasteiger partial charge in [0.15, 0.2) is 0 Å². The molecule has 106 valence electrons. The van der Waals surface area contributed by atoms with Crippen molar-refractivity contribution in [3.05, 3.63) is 0 Å². The number of hydrogen-bond acceptors (Lipinski definition) is 7. The van der Waals surface area contributed by atoms with E-state index in [1.165, 1.54) is 0 Å². The van der Waals surface area contributed by atoms with E-state index in [4.69, 9.17) is 15.6 Å². The summed E-state index contributed by atoms with van der Waals surface area (Å²) in [7, 11) is 0. The summed E-state index contributed by atoms with van der Waals surface area (Å²) in [6, 6.07) is 0.287. The van der Waals surface area contributed by atoms with Crippen LogP contribution in [0.15, 0.2) is 0 Å². The molecule has 2 heterocycles. The molecule has 0 amide bonds. The number of aliphatic hydroxyl groups excluding tert-OH is 1. The van der Waals surface area contributed by atoms with Crippen molar-refractivity contribution < 1.29 is 9.84 Å². The van der Waals surface area contributed by atoms with E-state index in [-0.39, 0.29) is 18.6 Å². The van der Waals surface area contributed by atoms with Crippen molar-refractivity contribution in [1.29, 1.82) is 0 Å². The van der Waals surface area contributed by atoms with Gasteiger partial charge in [0.05, 0.1) is 6.61 Å². The van der Waals surface area contributed by atoms with E-state index in [0.717, 1.165) is 32.4 Å². The Morgan fingerprint density at radius 1 is 1.42 bits per heavy atom. The summed E-state index contributed by atoms with van der Waals surface area (Å²) < 4.78 is 5.40.